The van der Waals surface area contributed by atoms with Gasteiger partial charge < -0.3 is 14.4 Å². The van der Waals surface area contributed by atoms with Gasteiger partial charge in [0.1, 0.15) is 11.5 Å². The fourth-order valence-corrected chi connectivity index (χ4v) is 4.90. The summed E-state index contributed by atoms with van der Waals surface area (Å²) in [4.78, 5) is 27.5. The minimum Gasteiger partial charge on any atom is -0.423 e. The molecule has 0 aliphatic rings. The number of ether oxygens (including phenoxy) is 2. The van der Waals surface area contributed by atoms with Crippen LogP contribution in [0.1, 0.15) is 59.9 Å². The summed E-state index contributed by atoms with van der Waals surface area (Å²) < 4.78 is 11.0. The lowest BCUT2D eigenvalue weighted by atomic mass is 10.1. The number of benzene rings is 5. The number of unbranched alkanes of at least 4 members (excludes halogenated alkanes) is 1. The van der Waals surface area contributed by atoms with E-state index >= 15 is 0 Å². The predicted molar refractivity (Wildman–Crippen MR) is 193 cm³/mol. The quantitative estimate of drug-likeness (QED) is 0.0673. The van der Waals surface area contributed by atoms with E-state index in [4.69, 9.17) is 9.47 Å². The molecule has 0 heterocycles. The van der Waals surface area contributed by atoms with Gasteiger partial charge in [0, 0.05) is 18.8 Å². The van der Waals surface area contributed by atoms with Gasteiger partial charge in [-0.15, -0.1) is 0 Å². The Morgan fingerprint density at radius 3 is 1.29 bits per heavy atom. The topological polar surface area (TPSA) is 105 Å². The Balaban J connectivity index is 1.09. The molecule has 0 aromatic heterocycles. The first kappa shape index (κ1) is 34.4. The second-order valence-corrected chi connectivity index (χ2v) is 11.2. The Kier molecular flexibility index (Phi) is 12.1. The van der Waals surface area contributed by atoms with Crippen LogP contribution in [0.5, 0.6) is 11.5 Å². The van der Waals surface area contributed by atoms with Crippen LogP contribution in [0, 0.1) is 0 Å². The van der Waals surface area contributed by atoms with E-state index in [0.29, 0.717) is 39.7 Å². The molecule has 0 amide bonds. The molecule has 5 rings (SSSR count). The molecular formula is C40H39N5O4. The molecule has 0 saturated heterocycles. The number of hydrogen-bond donors (Lipinski definition) is 0. The molecule has 0 aliphatic carbocycles. The summed E-state index contributed by atoms with van der Waals surface area (Å²) in [6.07, 6.45) is 3.21. The monoisotopic (exact) mass is 653 g/mol. The number of carbonyl (C=O) groups excluding carboxylic acids is 2. The highest BCUT2D eigenvalue weighted by Crippen LogP contribution is 2.26. The molecule has 0 atom stereocenters. The van der Waals surface area contributed by atoms with Crippen LogP contribution in [0.3, 0.4) is 0 Å². The van der Waals surface area contributed by atoms with Crippen molar-refractivity contribution >= 4 is 40.4 Å². The molecule has 9 nitrogen and oxygen atoms in total. The Morgan fingerprint density at radius 2 is 0.878 bits per heavy atom. The van der Waals surface area contributed by atoms with E-state index in [2.05, 4.69) is 58.3 Å². The van der Waals surface area contributed by atoms with Gasteiger partial charge in [0.2, 0.25) is 0 Å². The standard InChI is InChI=1S/C40H39N5O4/c1-4-7-8-29-9-11-30(12-10-29)39(46)48-37-25-13-31(14-26-37)40(47)49-38-27-21-35(22-28-38)44-42-33-17-15-32(16-18-33)41-43-34-19-23-36(24-20-34)45(5-2)6-3/h9-28H,4-8H2,1-3H3. The minimum absolute atomic E-state index is 0.319. The Labute approximate surface area is 287 Å². The van der Waals surface area contributed by atoms with Gasteiger partial charge in [-0.25, -0.2) is 9.59 Å². The molecule has 5 aromatic rings. The van der Waals surface area contributed by atoms with Crippen molar-refractivity contribution in [2.75, 3.05) is 18.0 Å². The molecule has 9 heteroatoms. The summed E-state index contributed by atoms with van der Waals surface area (Å²) in [6.45, 7) is 8.33. The average Bonchev–Trinajstić information content (AvgIpc) is 3.14. The summed E-state index contributed by atoms with van der Waals surface area (Å²) in [5.74, 6) is -0.299. The molecule has 5 aromatic carbocycles. The number of rotatable bonds is 14. The fourth-order valence-electron chi connectivity index (χ4n) is 4.90. The van der Waals surface area contributed by atoms with E-state index in [1.165, 1.54) is 5.56 Å². The first-order valence-corrected chi connectivity index (χ1v) is 16.5. The molecule has 248 valence electrons. The third-order valence-corrected chi connectivity index (χ3v) is 7.75. The normalized spacial score (nSPS) is 11.2. The minimum atomic E-state index is -0.538. The van der Waals surface area contributed by atoms with Crippen LogP contribution in [0.2, 0.25) is 0 Å². The molecule has 0 aliphatic heterocycles. The van der Waals surface area contributed by atoms with E-state index in [1.807, 2.05) is 48.5 Å². The lowest BCUT2D eigenvalue weighted by Gasteiger charge is -2.20. The lowest BCUT2D eigenvalue weighted by Crippen LogP contribution is -2.21. The number of nitrogens with zero attached hydrogens (tertiary/aromatic N) is 5. The van der Waals surface area contributed by atoms with Gasteiger partial charge in [0.25, 0.3) is 0 Å². The van der Waals surface area contributed by atoms with Gasteiger partial charge in [-0.1, -0.05) is 25.5 Å². The predicted octanol–water partition coefficient (Wildman–Crippen LogP) is 11.1. The number of esters is 2. The van der Waals surface area contributed by atoms with Crippen LogP contribution in [0.4, 0.5) is 28.4 Å². The van der Waals surface area contributed by atoms with Gasteiger partial charge in [-0.05, 0) is 141 Å². The zero-order valence-electron chi connectivity index (χ0n) is 28.0. The van der Waals surface area contributed by atoms with Crippen LogP contribution < -0.4 is 14.4 Å². The Bertz CT molecular complexity index is 1860. The van der Waals surface area contributed by atoms with Crippen LogP contribution in [0.25, 0.3) is 0 Å². The number of carbonyl (C=O) groups is 2. The summed E-state index contributed by atoms with van der Waals surface area (Å²) in [7, 11) is 0. The zero-order valence-corrected chi connectivity index (χ0v) is 28.0. The molecule has 0 fully saturated rings. The summed E-state index contributed by atoms with van der Waals surface area (Å²) in [6, 6.07) is 35.7. The van der Waals surface area contributed by atoms with Crippen molar-refractivity contribution in [1.29, 1.82) is 0 Å². The summed E-state index contributed by atoms with van der Waals surface area (Å²) in [5, 5.41) is 17.2. The Hall–Kier alpha value is -5.96. The summed E-state index contributed by atoms with van der Waals surface area (Å²) in [5.41, 5.74) is 5.89. The van der Waals surface area contributed by atoms with E-state index < -0.39 is 11.9 Å². The second-order valence-electron chi connectivity index (χ2n) is 11.2. The van der Waals surface area contributed by atoms with Gasteiger partial charge in [-0.2, -0.15) is 20.5 Å². The third kappa shape index (κ3) is 10.0. The Morgan fingerprint density at radius 1 is 0.510 bits per heavy atom. The van der Waals surface area contributed by atoms with E-state index in [9.17, 15) is 9.59 Å². The van der Waals surface area contributed by atoms with Crippen molar-refractivity contribution in [2.45, 2.75) is 40.0 Å². The lowest BCUT2D eigenvalue weighted by molar-refractivity contribution is 0.0730. The average molecular weight is 654 g/mol. The maximum atomic E-state index is 12.7. The van der Waals surface area contributed by atoms with Crippen molar-refractivity contribution in [3.8, 4) is 11.5 Å². The highest BCUT2D eigenvalue weighted by molar-refractivity contribution is 5.92. The van der Waals surface area contributed by atoms with E-state index in [0.717, 1.165) is 43.7 Å². The number of aryl methyl sites for hydroxylation is 1. The first-order chi connectivity index (χ1) is 23.9. The molecule has 0 saturated carbocycles. The zero-order chi connectivity index (χ0) is 34.4. The molecule has 0 radical (unpaired) electrons. The van der Waals surface area contributed by atoms with Crippen molar-refractivity contribution in [3.05, 3.63) is 138 Å². The molecule has 0 bridgehead atoms. The highest BCUT2D eigenvalue weighted by Gasteiger charge is 2.12. The van der Waals surface area contributed by atoms with Crippen molar-refractivity contribution in [1.82, 2.24) is 0 Å². The fraction of sp³-hybridized carbons (Fsp3) is 0.200. The summed E-state index contributed by atoms with van der Waals surface area (Å²) >= 11 is 0. The van der Waals surface area contributed by atoms with Crippen LogP contribution in [0.15, 0.2) is 142 Å². The number of anilines is 1. The molecule has 49 heavy (non-hydrogen) atoms. The van der Waals surface area contributed by atoms with Gasteiger partial charge >= 0.3 is 11.9 Å². The van der Waals surface area contributed by atoms with E-state index in [1.54, 1.807) is 60.7 Å². The largest absolute Gasteiger partial charge is 0.423 e. The van der Waals surface area contributed by atoms with E-state index in [-0.39, 0.29) is 0 Å². The molecule has 0 spiro atoms. The van der Waals surface area contributed by atoms with Crippen molar-refractivity contribution < 1.29 is 19.1 Å². The van der Waals surface area contributed by atoms with Crippen LogP contribution in [-0.4, -0.2) is 25.0 Å². The van der Waals surface area contributed by atoms with Gasteiger partial charge in [0.05, 0.1) is 33.9 Å². The maximum absolute atomic E-state index is 12.7. The molecule has 0 N–H and O–H groups in total. The van der Waals surface area contributed by atoms with Crippen molar-refractivity contribution in [2.24, 2.45) is 20.5 Å². The maximum Gasteiger partial charge on any atom is 0.343 e. The number of hydrogen-bond acceptors (Lipinski definition) is 9. The van der Waals surface area contributed by atoms with Crippen molar-refractivity contribution in [3.63, 3.8) is 0 Å². The smallest absolute Gasteiger partial charge is 0.343 e. The van der Waals surface area contributed by atoms with Gasteiger partial charge in [0.15, 0.2) is 0 Å². The van der Waals surface area contributed by atoms with Crippen LogP contribution >= 0.6 is 0 Å². The van der Waals surface area contributed by atoms with Crippen LogP contribution in [-0.2, 0) is 6.42 Å². The highest BCUT2D eigenvalue weighted by atomic mass is 16.5. The molecule has 0 unspecified atom stereocenters. The third-order valence-electron chi connectivity index (χ3n) is 7.75. The first-order valence-electron chi connectivity index (χ1n) is 16.5. The van der Waals surface area contributed by atoms with Gasteiger partial charge in [-0.3, -0.25) is 0 Å². The number of azo groups is 2. The second kappa shape index (κ2) is 17.3. The SMILES string of the molecule is CCCCc1ccc(C(=O)Oc2ccc(C(=O)Oc3ccc(N=Nc4ccc(N=Nc5ccc(N(CC)CC)cc5)cc4)cc3)cc2)cc1. The molecular weight excluding hydrogens is 614 g/mol.